The van der Waals surface area contributed by atoms with Gasteiger partial charge in [0.05, 0.1) is 6.04 Å². The van der Waals surface area contributed by atoms with E-state index in [9.17, 15) is 22.8 Å². The molecule has 2 rings (SSSR count). The third-order valence-corrected chi connectivity index (χ3v) is 3.33. The first-order chi connectivity index (χ1) is 11.2. The molecule has 0 aliphatic heterocycles. The Morgan fingerprint density at radius 1 is 1.21 bits per heavy atom. The van der Waals surface area contributed by atoms with Crippen LogP contribution in [-0.4, -0.2) is 16.8 Å². The van der Waals surface area contributed by atoms with Gasteiger partial charge in [0.15, 0.2) is 0 Å². The van der Waals surface area contributed by atoms with E-state index in [1.54, 1.807) is 14.0 Å². The first kappa shape index (κ1) is 17.6. The van der Waals surface area contributed by atoms with Crippen molar-refractivity contribution in [2.24, 2.45) is 7.05 Å². The molecule has 0 radical (unpaired) electrons. The normalized spacial score (nSPS) is 12.5. The van der Waals surface area contributed by atoms with Crippen LogP contribution in [0.2, 0.25) is 0 Å². The van der Waals surface area contributed by atoms with Crippen molar-refractivity contribution in [3.05, 3.63) is 64.1 Å². The van der Waals surface area contributed by atoms with Gasteiger partial charge < -0.3 is 14.6 Å². The molecule has 1 unspecified atom stereocenters. The molecule has 1 aromatic heterocycles. The second-order valence-corrected chi connectivity index (χ2v) is 5.18. The summed E-state index contributed by atoms with van der Waals surface area (Å²) >= 11 is 0. The number of nitrogens with zero attached hydrogens (tertiary/aromatic N) is 1. The number of hydrogen-bond donors (Lipinski definition) is 1. The minimum Gasteiger partial charge on any atom is -0.406 e. The summed E-state index contributed by atoms with van der Waals surface area (Å²) in [7, 11) is 1.57. The number of pyridine rings is 1. The molecule has 1 atom stereocenters. The standard InChI is InChI=1S/C16H15F3N2O3/c1-10(11-3-5-13(6-4-11)24-16(17,18)19)20-15(23)12-7-8-21(2)14(22)9-12/h3-10H,1-2H3,(H,20,23). The van der Waals surface area contributed by atoms with E-state index in [4.69, 9.17) is 0 Å². The monoisotopic (exact) mass is 340 g/mol. The Labute approximate surface area is 135 Å². The molecule has 0 saturated carbocycles. The molecule has 1 heterocycles. The molecule has 128 valence electrons. The summed E-state index contributed by atoms with van der Waals surface area (Å²) in [6.45, 7) is 1.68. The fourth-order valence-electron chi connectivity index (χ4n) is 2.01. The minimum atomic E-state index is -4.75. The Morgan fingerprint density at radius 3 is 2.38 bits per heavy atom. The molecule has 0 saturated heterocycles. The summed E-state index contributed by atoms with van der Waals surface area (Å²) < 4.78 is 41.5. The number of benzene rings is 1. The highest BCUT2D eigenvalue weighted by molar-refractivity contribution is 5.94. The number of aryl methyl sites for hydroxylation is 1. The van der Waals surface area contributed by atoms with Crippen LogP contribution in [0.25, 0.3) is 0 Å². The van der Waals surface area contributed by atoms with Crippen molar-refractivity contribution in [3.63, 3.8) is 0 Å². The van der Waals surface area contributed by atoms with E-state index < -0.39 is 18.3 Å². The third kappa shape index (κ3) is 4.61. The first-order valence-electron chi connectivity index (χ1n) is 6.99. The van der Waals surface area contributed by atoms with Crippen LogP contribution in [0, 0.1) is 0 Å². The number of hydrogen-bond acceptors (Lipinski definition) is 3. The number of nitrogens with one attached hydrogen (secondary N) is 1. The minimum absolute atomic E-state index is 0.210. The Morgan fingerprint density at radius 2 is 1.83 bits per heavy atom. The third-order valence-electron chi connectivity index (χ3n) is 3.33. The number of rotatable bonds is 4. The maximum atomic E-state index is 12.1. The van der Waals surface area contributed by atoms with Crippen LogP contribution in [0.15, 0.2) is 47.4 Å². The maximum absolute atomic E-state index is 12.1. The summed E-state index contributed by atoms with van der Waals surface area (Å²) in [5, 5.41) is 2.68. The molecule has 1 N–H and O–H groups in total. The number of alkyl halides is 3. The van der Waals surface area contributed by atoms with Gasteiger partial charge in [-0.2, -0.15) is 0 Å². The number of amides is 1. The van der Waals surface area contributed by atoms with Gasteiger partial charge in [0, 0.05) is 24.9 Å². The molecule has 2 aromatic rings. The Balaban J connectivity index is 2.06. The molecule has 1 amide bonds. The van der Waals surface area contributed by atoms with Crippen LogP contribution in [-0.2, 0) is 7.05 Å². The molecule has 8 heteroatoms. The van der Waals surface area contributed by atoms with Crippen molar-refractivity contribution in [2.75, 3.05) is 0 Å². The molecule has 1 aromatic carbocycles. The van der Waals surface area contributed by atoms with Crippen molar-refractivity contribution in [3.8, 4) is 5.75 Å². The Kier molecular flexibility index (Phi) is 4.96. The lowest BCUT2D eigenvalue weighted by atomic mass is 10.1. The Bertz CT molecular complexity index is 782. The lowest BCUT2D eigenvalue weighted by molar-refractivity contribution is -0.274. The second-order valence-electron chi connectivity index (χ2n) is 5.18. The van der Waals surface area contributed by atoms with Gasteiger partial charge in [0.1, 0.15) is 5.75 Å². The average Bonchev–Trinajstić information content (AvgIpc) is 2.49. The zero-order chi connectivity index (χ0) is 17.9. The lowest BCUT2D eigenvalue weighted by Crippen LogP contribution is -2.28. The molecular formula is C16H15F3N2O3. The predicted molar refractivity (Wildman–Crippen MR) is 80.7 cm³/mol. The SMILES string of the molecule is CC(NC(=O)c1ccn(C)c(=O)c1)c1ccc(OC(F)(F)F)cc1. The smallest absolute Gasteiger partial charge is 0.406 e. The number of halogens is 3. The summed E-state index contributed by atoms with van der Waals surface area (Å²) in [5.41, 5.74) is 0.493. The van der Waals surface area contributed by atoms with E-state index in [-0.39, 0.29) is 16.9 Å². The van der Waals surface area contributed by atoms with Crippen molar-refractivity contribution < 1.29 is 22.7 Å². The zero-order valence-corrected chi connectivity index (χ0v) is 12.9. The van der Waals surface area contributed by atoms with Gasteiger partial charge in [-0.3, -0.25) is 9.59 Å². The molecule has 5 nitrogen and oxygen atoms in total. The van der Waals surface area contributed by atoms with Gasteiger partial charge in [-0.25, -0.2) is 0 Å². The van der Waals surface area contributed by atoms with Gasteiger partial charge in [0.2, 0.25) is 0 Å². The number of carbonyl (C=O) groups excluding carboxylic acids is 1. The molecular weight excluding hydrogens is 325 g/mol. The van der Waals surface area contributed by atoms with Gasteiger partial charge in [-0.05, 0) is 30.7 Å². The van der Waals surface area contributed by atoms with Gasteiger partial charge >= 0.3 is 6.36 Å². The van der Waals surface area contributed by atoms with Gasteiger partial charge in [-0.15, -0.1) is 13.2 Å². The topological polar surface area (TPSA) is 60.3 Å². The van der Waals surface area contributed by atoms with Gasteiger partial charge in [0.25, 0.3) is 11.5 Å². The highest BCUT2D eigenvalue weighted by Crippen LogP contribution is 2.24. The molecule has 0 aliphatic carbocycles. The van der Waals surface area contributed by atoms with Crippen LogP contribution < -0.4 is 15.6 Å². The highest BCUT2D eigenvalue weighted by atomic mass is 19.4. The van der Waals surface area contributed by atoms with Crippen LogP contribution in [0.3, 0.4) is 0 Å². The van der Waals surface area contributed by atoms with Crippen LogP contribution >= 0.6 is 0 Å². The van der Waals surface area contributed by atoms with Crippen molar-refractivity contribution in [2.45, 2.75) is 19.3 Å². The van der Waals surface area contributed by atoms with E-state index >= 15 is 0 Å². The number of ether oxygens (including phenoxy) is 1. The van der Waals surface area contributed by atoms with Crippen molar-refractivity contribution in [1.82, 2.24) is 9.88 Å². The highest BCUT2D eigenvalue weighted by Gasteiger charge is 2.31. The quantitative estimate of drug-likeness (QED) is 0.931. The second kappa shape index (κ2) is 6.77. The van der Waals surface area contributed by atoms with Gasteiger partial charge in [-0.1, -0.05) is 12.1 Å². The van der Waals surface area contributed by atoms with E-state index in [0.29, 0.717) is 5.56 Å². The molecule has 0 spiro atoms. The summed E-state index contributed by atoms with van der Waals surface area (Å²) in [6, 6.07) is 7.45. The van der Waals surface area contributed by atoms with Crippen LogP contribution in [0.1, 0.15) is 28.9 Å². The zero-order valence-electron chi connectivity index (χ0n) is 12.9. The van der Waals surface area contributed by atoms with E-state index in [1.165, 1.54) is 47.2 Å². The van der Waals surface area contributed by atoms with E-state index in [2.05, 4.69) is 10.1 Å². The number of aromatic nitrogens is 1. The summed E-state index contributed by atoms with van der Waals surface area (Å²) in [6.07, 6.45) is -3.27. The Hall–Kier alpha value is -2.77. The van der Waals surface area contributed by atoms with Crippen LogP contribution in [0.4, 0.5) is 13.2 Å². The molecule has 0 fully saturated rings. The number of carbonyl (C=O) groups is 1. The molecule has 0 bridgehead atoms. The fraction of sp³-hybridized carbons (Fsp3) is 0.250. The van der Waals surface area contributed by atoms with E-state index in [1.807, 2.05) is 0 Å². The van der Waals surface area contributed by atoms with Crippen LogP contribution in [0.5, 0.6) is 5.75 Å². The summed E-state index contributed by atoms with van der Waals surface area (Å²) in [5.74, 6) is -0.785. The predicted octanol–water partition coefficient (Wildman–Crippen LogP) is 2.77. The maximum Gasteiger partial charge on any atom is 0.573 e. The lowest BCUT2D eigenvalue weighted by Gasteiger charge is -2.15. The summed E-state index contributed by atoms with van der Waals surface area (Å²) in [4.78, 5) is 23.6. The average molecular weight is 340 g/mol. The molecule has 24 heavy (non-hydrogen) atoms. The fourth-order valence-corrected chi connectivity index (χ4v) is 2.01. The van der Waals surface area contributed by atoms with Crippen molar-refractivity contribution in [1.29, 1.82) is 0 Å². The first-order valence-corrected chi connectivity index (χ1v) is 6.99. The largest absolute Gasteiger partial charge is 0.573 e. The molecule has 0 aliphatic rings. The van der Waals surface area contributed by atoms with E-state index in [0.717, 1.165) is 0 Å². The van der Waals surface area contributed by atoms with Crippen molar-refractivity contribution >= 4 is 5.91 Å².